The van der Waals surface area contributed by atoms with Gasteiger partial charge < -0.3 is 14.7 Å². The number of aliphatic hydroxyl groups excluding tert-OH is 1. The zero-order valence-electron chi connectivity index (χ0n) is 9.31. The predicted molar refractivity (Wildman–Crippen MR) is 56.7 cm³/mol. The lowest BCUT2D eigenvalue weighted by Crippen LogP contribution is -2.36. The van der Waals surface area contributed by atoms with Gasteiger partial charge in [-0.15, -0.1) is 0 Å². The Morgan fingerprint density at radius 2 is 2.13 bits per heavy atom. The van der Waals surface area contributed by atoms with Gasteiger partial charge >= 0.3 is 6.09 Å². The van der Waals surface area contributed by atoms with E-state index in [1.165, 1.54) is 0 Å². The van der Waals surface area contributed by atoms with E-state index in [0.29, 0.717) is 19.7 Å². The minimum atomic E-state index is -0.219. The molecule has 0 spiro atoms. The van der Waals surface area contributed by atoms with E-state index in [1.807, 2.05) is 6.92 Å². The lowest BCUT2D eigenvalue weighted by atomic mass is 10.4. The first-order valence-corrected chi connectivity index (χ1v) is 5.53. The molecule has 1 rings (SSSR count). The van der Waals surface area contributed by atoms with Crippen LogP contribution in [0.4, 0.5) is 4.79 Å². The van der Waals surface area contributed by atoms with E-state index in [0.717, 1.165) is 26.1 Å². The minimum Gasteiger partial charge on any atom is -0.450 e. The van der Waals surface area contributed by atoms with Gasteiger partial charge in [-0.1, -0.05) is 0 Å². The van der Waals surface area contributed by atoms with Crippen LogP contribution >= 0.6 is 0 Å². The molecule has 0 bridgehead atoms. The average Bonchev–Trinajstić information content (AvgIpc) is 2.44. The lowest BCUT2D eigenvalue weighted by Gasteiger charge is -2.20. The van der Waals surface area contributed by atoms with Crippen LogP contribution in [0.25, 0.3) is 0 Å². The van der Waals surface area contributed by atoms with Crippen molar-refractivity contribution in [1.82, 2.24) is 9.80 Å². The SMILES string of the molecule is CCOC(=O)N1CCCN(CCO)CC1. The Bertz CT molecular complexity index is 199. The zero-order chi connectivity index (χ0) is 11.1. The second-order valence-corrected chi connectivity index (χ2v) is 3.60. The Labute approximate surface area is 90.6 Å². The van der Waals surface area contributed by atoms with E-state index < -0.39 is 0 Å². The monoisotopic (exact) mass is 216 g/mol. The summed E-state index contributed by atoms with van der Waals surface area (Å²) in [5.41, 5.74) is 0. The molecular formula is C10H20N2O3. The van der Waals surface area contributed by atoms with Crippen LogP contribution in [-0.2, 0) is 4.74 Å². The fourth-order valence-electron chi connectivity index (χ4n) is 1.73. The van der Waals surface area contributed by atoms with Gasteiger partial charge in [-0.2, -0.15) is 0 Å². The van der Waals surface area contributed by atoms with Crippen molar-refractivity contribution in [2.24, 2.45) is 0 Å². The Balaban J connectivity index is 2.35. The number of aliphatic hydroxyl groups is 1. The topological polar surface area (TPSA) is 53.0 Å². The van der Waals surface area contributed by atoms with Crippen LogP contribution in [0.1, 0.15) is 13.3 Å². The van der Waals surface area contributed by atoms with Gasteiger partial charge in [-0.25, -0.2) is 4.79 Å². The van der Waals surface area contributed by atoms with E-state index in [1.54, 1.807) is 4.90 Å². The van der Waals surface area contributed by atoms with Gasteiger partial charge in [0, 0.05) is 26.2 Å². The van der Waals surface area contributed by atoms with Crippen LogP contribution in [0, 0.1) is 0 Å². The van der Waals surface area contributed by atoms with Crippen LogP contribution in [0.3, 0.4) is 0 Å². The van der Waals surface area contributed by atoms with Gasteiger partial charge in [-0.3, -0.25) is 4.90 Å². The van der Waals surface area contributed by atoms with Gasteiger partial charge in [0.15, 0.2) is 0 Å². The Morgan fingerprint density at radius 1 is 1.33 bits per heavy atom. The number of rotatable bonds is 3. The van der Waals surface area contributed by atoms with Gasteiger partial charge in [0.2, 0.25) is 0 Å². The molecule has 5 nitrogen and oxygen atoms in total. The summed E-state index contributed by atoms with van der Waals surface area (Å²) >= 11 is 0. The normalized spacial score (nSPS) is 18.7. The van der Waals surface area contributed by atoms with Crippen molar-refractivity contribution in [1.29, 1.82) is 0 Å². The number of hydrogen-bond acceptors (Lipinski definition) is 4. The molecule has 1 N–H and O–H groups in total. The summed E-state index contributed by atoms with van der Waals surface area (Å²) in [5.74, 6) is 0. The quantitative estimate of drug-likeness (QED) is 0.729. The average molecular weight is 216 g/mol. The molecule has 0 aromatic rings. The highest BCUT2D eigenvalue weighted by atomic mass is 16.6. The van der Waals surface area contributed by atoms with Crippen molar-refractivity contribution in [3.05, 3.63) is 0 Å². The number of nitrogens with zero attached hydrogens (tertiary/aromatic N) is 2. The Hall–Kier alpha value is -0.810. The summed E-state index contributed by atoms with van der Waals surface area (Å²) in [7, 11) is 0. The molecule has 0 radical (unpaired) electrons. The lowest BCUT2D eigenvalue weighted by molar-refractivity contribution is 0.108. The van der Waals surface area contributed by atoms with Crippen molar-refractivity contribution in [2.75, 3.05) is 45.9 Å². The van der Waals surface area contributed by atoms with Crippen molar-refractivity contribution in [3.8, 4) is 0 Å². The third-order valence-corrected chi connectivity index (χ3v) is 2.53. The van der Waals surface area contributed by atoms with E-state index in [-0.39, 0.29) is 12.7 Å². The third kappa shape index (κ3) is 4.05. The highest BCUT2D eigenvalue weighted by molar-refractivity contribution is 5.67. The Morgan fingerprint density at radius 3 is 2.80 bits per heavy atom. The zero-order valence-corrected chi connectivity index (χ0v) is 9.31. The van der Waals surface area contributed by atoms with Crippen LogP contribution in [0.15, 0.2) is 0 Å². The summed E-state index contributed by atoms with van der Waals surface area (Å²) in [4.78, 5) is 15.4. The van der Waals surface area contributed by atoms with Gasteiger partial charge in [0.1, 0.15) is 0 Å². The molecule has 88 valence electrons. The van der Waals surface area contributed by atoms with Crippen molar-refractivity contribution in [3.63, 3.8) is 0 Å². The summed E-state index contributed by atoms with van der Waals surface area (Å²) in [5, 5.41) is 8.82. The fraction of sp³-hybridized carbons (Fsp3) is 0.900. The fourth-order valence-corrected chi connectivity index (χ4v) is 1.73. The number of carbonyl (C=O) groups excluding carboxylic acids is 1. The highest BCUT2D eigenvalue weighted by Gasteiger charge is 2.19. The van der Waals surface area contributed by atoms with Gasteiger partial charge in [0.25, 0.3) is 0 Å². The maximum atomic E-state index is 11.5. The van der Waals surface area contributed by atoms with Gasteiger partial charge in [-0.05, 0) is 19.9 Å². The first-order valence-electron chi connectivity index (χ1n) is 5.53. The maximum absolute atomic E-state index is 11.5. The number of β-amino-alcohol motifs (C(OH)–C–C–N with tert-alkyl or cyclic N) is 1. The smallest absolute Gasteiger partial charge is 0.409 e. The molecule has 5 heteroatoms. The highest BCUT2D eigenvalue weighted by Crippen LogP contribution is 2.04. The van der Waals surface area contributed by atoms with Crippen LogP contribution < -0.4 is 0 Å². The standard InChI is InChI=1S/C10H20N2O3/c1-2-15-10(14)12-5-3-4-11(6-7-12)8-9-13/h13H,2-9H2,1H3. The number of carbonyl (C=O) groups is 1. The van der Waals surface area contributed by atoms with E-state index in [2.05, 4.69) is 4.90 Å². The molecule has 1 amide bonds. The molecule has 0 atom stereocenters. The van der Waals surface area contributed by atoms with Crippen molar-refractivity contribution in [2.45, 2.75) is 13.3 Å². The molecule has 0 saturated carbocycles. The van der Waals surface area contributed by atoms with Crippen LogP contribution in [0.2, 0.25) is 0 Å². The molecule has 0 aliphatic carbocycles. The molecule has 1 aliphatic heterocycles. The van der Waals surface area contributed by atoms with Crippen LogP contribution in [0.5, 0.6) is 0 Å². The largest absolute Gasteiger partial charge is 0.450 e. The molecule has 0 unspecified atom stereocenters. The first kappa shape index (κ1) is 12.3. The molecule has 0 aromatic carbocycles. The molecule has 1 saturated heterocycles. The second-order valence-electron chi connectivity index (χ2n) is 3.60. The molecule has 1 aliphatic rings. The molecular weight excluding hydrogens is 196 g/mol. The first-order chi connectivity index (χ1) is 7.27. The van der Waals surface area contributed by atoms with Crippen molar-refractivity contribution < 1.29 is 14.6 Å². The third-order valence-electron chi connectivity index (χ3n) is 2.53. The van der Waals surface area contributed by atoms with Crippen molar-refractivity contribution >= 4 is 6.09 Å². The van der Waals surface area contributed by atoms with E-state index in [4.69, 9.17) is 9.84 Å². The number of hydrogen-bond donors (Lipinski definition) is 1. The molecule has 1 fully saturated rings. The van der Waals surface area contributed by atoms with Gasteiger partial charge in [0.05, 0.1) is 13.2 Å². The second kappa shape index (κ2) is 6.63. The molecule has 0 aromatic heterocycles. The molecule has 15 heavy (non-hydrogen) atoms. The number of ether oxygens (including phenoxy) is 1. The van der Waals surface area contributed by atoms with E-state index >= 15 is 0 Å². The number of amides is 1. The maximum Gasteiger partial charge on any atom is 0.409 e. The minimum absolute atomic E-state index is 0.180. The Kier molecular flexibility index (Phi) is 5.42. The van der Waals surface area contributed by atoms with Crippen LogP contribution in [-0.4, -0.2) is 66.9 Å². The summed E-state index contributed by atoms with van der Waals surface area (Å²) in [6.07, 6.45) is 0.724. The summed E-state index contributed by atoms with van der Waals surface area (Å²) in [6.45, 7) is 6.31. The predicted octanol–water partition coefficient (Wildman–Crippen LogP) is 0.143. The van der Waals surface area contributed by atoms with E-state index in [9.17, 15) is 4.79 Å². The molecule has 1 heterocycles. The summed E-state index contributed by atoms with van der Waals surface area (Å²) < 4.78 is 4.95. The summed E-state index contributed by atoms with van der Waals surface area (Å²) in [6, 6.07) is 0.